The fourth-order valence-electron chi connectivity index (χ4n) is 2.52. The van der Waals surface area contributed by atoms with Gasteiger partial charge in [-0.05, 0) is 36.2 Å². The molecule has 136 valence electrons. The molecule has 0 saturated carbocycles. The van der Waals surface area contributed by atoms with Gasteiger partial charge in [-0.15, -0.1) is 11.3 Å². The third-order valence-electron chi connectivity index (χ3n) is 3.89. The van der Waals surface area contributed by atoms with Crippen LogP contribution in [0.1, 0.15) is 11.1 Å². The average Bonchev–Trinajstić information content (AvgIpc) is 3.11. The van der Waals surface area contributed by atoms with Crippen molar-refractivity contribution in [2.24, 2.45) is 0 Å². The van der Waals surface area contributed by atoms with Gasteiger partial charge < -0.3 is 0 Å². The minimum Gasteiger partial charge on any atom is -0.268 e. The van der Waals surface area contributed by atoms with Crippen molar-refractivity contribution >= 4 is 33.4 Å². The highest BCUT2D eigenvalue weighted by Crippen LogP contribution is 2.26. The molecule has 0 fully saturated rings. The third kappa shape index (κ3) is 3.40. The Morgan fingerprint density at radius 2 is 2.11 bits per heavy atom. The maximum atomic E-state index is 13.3. The molecule has 0 aliphatic rings. The number of fused-ring (bicyclic) bond motifs is 1. The van der Waals surface area contributed by atoms with Crippen LogP contribution in [0, 0.1) is 12.7 Å². The average molecular weight is 401 g/mol. The smallest absolute Gasteiger partial charge is 0.268 e. The summed E-state index contributed by atoms with van der Waals surface area (Å²) in [7, 11) is 0. The van der Waals surface area contributed by atoms with Crippen LogP contribution in [0.4, 0.5) is 4.39 Å². The number of thiazole rings is 1. The van der Waals surface area contributed by atoms with Gasteiger partial charge in [0.05, 0.1) is 5.51 Å². The summed E-state index contributed by atoms with van der Waals surface area (Å²) in [5.74, 6) is 0.454. The van der Waals surface area contributed by atoms with Crippen molar-refractivity contribution < 1.29 is 4.39 Å². The molecule has 10 heteroatoms. The number of nitrogens with one attached hydrogen (secondary N) is 1. The summed E-state index contributed by atoms with van der Waals surface area (Å²) < 4.78 is 15.1. The standard InChI is InChI=1S/C17H12FN5O2S2/c1-9-6-11(18)3-2-10(9)7-26-17-20-15-14(27-8-19-15)16(25)23(17)12-4-5-13(24)22-21-12/h2-6,8H,7H2,1H3,(H,22,24). The molecule has 4 aromatic rings. The molecule has 4 rings (SSSR count). The lowest BCUT2D eigenvalue weighted by molar-refractivity contribution is 0.626. The van der Waals surface area contributed by atoms with E-state index in [2.05, 4.69) is 20.2 Å². The third-order valence-corrected chi connectivity index (χ3v) is 5.68. The van der Waals surface area contributed by atoms with Crippen LogP contribution in [0.5, 0.6) is 0 Å². The fraction of sp³-hybridized carbons (Fsp3) is 0.118. The number of thioether (sulfide) groups is 1. The van der Waals surface area contributed by atoms with Crippen LogP contribution in [0.3, 0.4) is 0 Å². The van der Waals surface area contributed by atoms with Crippen molar-refractivity contribution in [2.45, 2.75) is 17.8 Å². The predicted octanol–water partition coefficient (Wildman–Crippen LogP) is 2.67. The van der Waals surface area contributed by atoms with Gasteiger partial charge in [0.2, 0.25) is 0 Å². The second-order valence-electron chi connectivity index (χ2n) is 5.68. The van der Waals surface area contributed by atoms with Gasteiger partial charge in [-0.2, -0.15) is 5.10 Å². The molecule has 0 unspecified atom stereocenters. The first-order valence-corrected chi connectivity index (χ1v) is 9.69. The maximum absolute atomic E-state index is 13.3. The molecule has 1 N–H and O–H groups in total. The first-order valence-electron chi connectivity index (χ1n) is 7.83. The van der Waals surface area contributed by atoms with Crippen molar-refractivity contribution in [3.63, 3.8) is 0 Å². The number of halogens is 1. The van der Waals surface area contributed by atoms with Gasteiger partial charge in [0.1, 0.15) is 10.5 Å². The van der Waals surface area contributed by atoms with Crippen molar-refractivity contribution in [2.75, 3.05) is 0 Å². The van der Waals surface area contributed by atoms with Gasteiger partial charge in [-0.3, -0.25) is 9.59 Å². The SMILES string of the molecule is Cc1cc(F)ccc1CSc1nc2ncsc2c(=O)n1-c1ccc(=O)[nH]n1. The second-order valence-corrected chi connectivity index (χ2v) is 7.48. The first-order chi connectivity index (χ1) is 13.0. The van der Waals surface area contributed by atoms with Crippen molar-refractivity contribution in [3.8, 4) is 5.82 Å². The number of hydrogen-bond acceptors (Lipinski definition) is 7. The van der Waals surface area contributed by atoms with E-state index >= 15 is 0 Å². The monoisotopic (exact) mass is 401 g/mol. The maximum Gasteiger partial charge on any atom is 0.279 e. The lowest BCUT2D eigenvalue weighted by atomic mass is 10.1. The zero-order chi connectivity index (χ0) is 19.0. The fourth-order valence-corrected chi connectivity index (χ4v) is 4.24. The van der Waals surface area contributed by atoms with E-state index in [0.717, 1.165) is 11.1 Å². The van der Waals surface area contributed by atoms with E-state index in [9.17, 15) is 14.0 Å². The molecule has 0 aliphatic carbocycles. The molecule has 0 saturated heterocycles. The Morgan fingerprint density at radius 1 is 1.26 bits per heavy atom. The van der Waals surface area contributed by atoms with E-state index in [1.807, 2.05) is 6.92 Å². The molecule has 3 aromatic heterocycles. The number of aromatic amines is 1. The number of H-pyrrole nitrogens is 1. The van der Waals surface area contributed by atoms with E-state index in [1.165, 1.54) is 51.9 Å². The molecule has 0 aliphatic heterocycles. The largest absolute Gasteiger partial charge is 0.279 e. The minimum atomic E-state index is -0.366. The lowest BCUT2D eigenvalue weighted by Gasteiger charge is -2.11. The second kappa shape index (κ2) is 7.05. The highest BCUT2D eigenvalue weighted by molar-refractivity contribution is 7.98. The summed E-state index contributed by atoms with van der Waals surface area (Å²) in [6, 6.07) is 7.33. The van der Waals surface area contributed by atoms with E-state index in [4.69, 9.17) is 0 Å². The van der Waals surface area contributed by atoms with Crippen molar-refractivity contribution in [3.05, 3.63) is 73.5 Å². The highest BCUT2D eigenvalue weighted by atomic mass is 32.2. The van der Waals surface area contributed by atoms with Gasteiger partial charge in [0.15, 0.2) is 16.6 Å². The molecule has 0 radical (unpaired) electrons. The van der Waals surface area contributed by atoms with Crippen molar-refractivity contribution in [1.29, 1.82) is 0 Å². The molecule has 0 amide bonds. The number of benzene rings is 1. The summed E-state index contributed by atoms with van der Waals surface area (Å²) in [6.45, 7) is 1.83. The molecular formula is C17H12FN5O2S2. The molecule has 7 nitrogen and oxygen atoms in total. The first kappa shape index (κ1) is 17.6. The van der Waals surface area contributed by atoms with E-state index in [1.54, 1.807) is 11.6 Å². The van der Waals surface area contributed by atoms with Crippen molar-refractivity contribution in [1.82, 2.24) is 24.7 Å². The van der Waals surface area contributed by atoms with Gasteiger partial charge >= 0.3 is 0 Å². The lowest BCUT2D eigenvalue weighted by Crippen LogP contribution is -2.23. The van der Waals surface area contributed by atoms with Gasteiger partial charge in [-0.25, -0.2) is 24.0 Å². The Kier molecular flexibility index (Phi) is 4.58. The quantitative estimate of drug-likeness (QED) is 0.417. The number of aryl methyl sites for hydroxylation is 1. The molecule has 27 heavy (non-hydrogen) atoms. The Hall–Kier alpha value is -2.85. The zero-order valence-corrected chi connectivity index (χ0v) is 15.6. The minimum absolute atomic E-state index is 0.265. The van der Waals surface area contributed by atoms with E-state index in [-0.39, 0.29) is 22.8 Å². The summed E-state index contributed by atoms with van der Waals surface area (Å²) >= 11 is 2.51. The van der Waals surface area contributed by atoms with Crippen LogP contribution < -0.4 is 11.1 Å². The van der Waals surface area contributed by atoms with Crippen LogP contribution in [0.2, 0.25) is 0 Å². The molecule has 3 heterocycles. The summed E-state index contributed by atoms with van der Waals surface area (Å²) in [6.07, 6.45) is 0. The molecule has 0 spiro atoms. The van der Waals surface area contributed by atoms with Crippen LogP contribution >= 0.6 is 23.1 Å². The highest BCUT2D eigenvalue weighted by Gasteiger charge is 2.16. The summed E-state index contributed by atoms with van der Waals surface area (Å²) in [5, 5.41) is 6.67. The normalized spacial score (nSPS) is 11.2. The summed E-state index contributed by atoms with van der Waals surface area (Å²) in [4.78, 5) is 32.8. The van der Waals surface area contributed by atoms with Crippen LogP contribution in [-0.4, -0.2) is 24.7 Å². The Morgan fingerprint density at radius 3 is 2.85 bits per heavy atom. The number of aromatic nitrogens is 5. The Labute approximate surface area is 159 Å². The number of nitrogens with zero attached hydrogens (tertiary/aromatic N) is 4. The summed E-state index contributed by atoms with van der Waals surface area (Å²) in [5.41, 5.74) is 2.99. The molecule has 0 atom stereocenters. The predicted molar refractivity (Wildman–Crippen MR) is 102 cm³/mol. The van der Waals surface area contributed by atoms with E-state index in [0.29, 0.717) is 21.3 Å². The molecular weight excluding hydrogens is 389 g/mol. The molecule has 1 aromatic carbocycles. The van der Waals surface area contributed by atoms with Crippen LogP contribution in [-0.2, 0) is 5.75 Å². The van der Waals surface area contributed by atoms with Gasteiger partial charge in [0.25, 0.3) is 11.1 Å². The number of hydrogen-bond donors (Lipinski definition) is 1. The zero-order valence-electron chi connectivity index (χ0n) is 14.0. The Bertz CT molecular complexity index is 1240. The molecule has 0 bridgehead atoms. The Balaban J connectivity index is 1.81. The van der Waals surface area contributed by atoms with Crippen LogP contribution in [0.25, 0.3) is 16.2 Å². The topological polar surface area (TPSA) is 93.5 Å². The van der Waals surface area contributed by atoms with Crippen LogP contribution in [0.15, 0.2) is 50.6 Å². The number of rotatable bonds is 4. The van der Waals surface area contributed by atoms with Gasteiger partial charge in [-0.1, -0.05) is 17.8 Å². The van der Waals surface area contributed by atoms with Gasteiger partial charge in [0, 0.05) is 11.8 Å². The van der Waals surface area contributed by atoms with E-state index < -0.39 is 0 Å².